The Hall–Kier alpha value is -0.795. The highest BCUT2D eigenvalue weighted by molar-refractivity contribution is 6.50. The summed E-state index contributed by atoms with van der Waals surface area (Å²) in [5.41, 5.74) is 0.512. The van der Waals surface area contributed by atoms with Crippen LogP contribution in [0, 0.1) is 0 Å². The van der Waals surface area contributed by atoms with Gasteiger partial charge in [-0.05, 0) is 12.4 Å². The molecule has 2 nitrogen and oxygen atoms in total. The van der Waals surface area contributed by atoms with Gasteiger partial charge in [0.05, 0.1) is 0 Å². The zero-order valence-electron chi connectivity index (χ0n) is 5.99. The van der Waals surface area contributed by atoms with Crippen molar-refractivity contribution in [3.63, 3.8) is 0 Å². The van der Waals surface area contributed by atoms with Gasteiger partial charge in [-0.25, -0.2) is 0 Å². The van der Waals surface area contributed by atoms with Crippen LogP contribution in [0.1, 0.15) is 6.92 Å². The van der Waals surface area contributed by atoms with Crippen molar-refractivity contribution in [1.29, 1.82) is 0 Å². The Morgan fingerprint density at radius 1 is 1.40 bits per heavy atom. The van der Waals surface area contributed by atoms with Crippen LogP contribution >= 0.6 is 0 Å². The summed E-state index contributed by atoms with van der Waals surface area (Å²) in [6.45, 7) is 5.10. The lowest BCUT2D eigenvalue weighted by Gasteiger charge is -1.93. The van der Waals surface area contributed by atoms with Crippen molar-refractivity contribution in [3.05, 3.63) is 36.4 Å². The zero-order valence-corrected chi connectivity index (χ0v) is 5.99. The van der Waals surface area contributed by atoms with Crippen LogP contribution in [-0.4, -0.2) is 17.2 Å². The molecule has 0 amide bonds. The third-order valence-electron chi connectivity index (χ3n) is 1.01. The van der Waals surface area contributed by atoms with Gasteiger partial charge in [0.1, 0.15) is 0 Å². The van der Waals surface area contributed by atoms with Gasteiger partial charge in [-0.1, -0.05) is 30.9 Å². The van der Waals surface area contributed by atoms with E-state index in [-0.39, 0.29) is 0 Å². The molecule has 0 aliphatic carbocycles. The van der Waals surface area contributed by atoms with Crippen LogP contribution in [0.5, 0.6) is 0 Å². The largest absolute Gasteiger partial charge is 0.483 e. The summed E-state index contributed by atoms with van der Waals surface area (Å²) in [7, 11) is -1.35. The minimum Gasteiger partial charge on any atom is -0.423 e. The van der Waals surface area contributed by atoms with E-state index >= 15 is 0 Å². The van der Waals surface area contributed by atoms with E-state index in [4.69, 9.17) is 10.0 Å². The van der Waals surface area contributed by atoms with Gasteiger partial charge in [-0.3, -0.25) is 0 Å². The maximum Gasteiger partial charge on any atom is 0.483 e. The maximum absolute atomic E-state index is 8.55. The van der Waals surface area contributed by atoms with Crippen molar-refractivity contribution in [3.8, 4) is 0 Å². The van der Waals surface area contributed by atoms with E-state index in [0.29, 0.717) is 5.47 Å². The number of hydrogen-bond acceptors (Lipinski definition) is 2. The van der Waals surface area contributed by atoms with Gasteiger partial charge in [-0.15, -0.1) is 0 Å². The predicted octanol–water partition coefficient (Wildman–Crippen LogP) is 0.687. The Balaban J connectivity index is 3.91. The molecule has 2 N–H and O–H groups in total. The molecule has 3 heteroatoms. The summed E-state index contributed by atoms with van der Waals surface area (Å²) in [5, 5.41) is 17.1. The number of rotatable bonds is 3. The first kappa shape index (κ1) is 9.20. The van der Waals surface area contributed by atoms with E-state index in [2.05, 4.69) is 6.58 Å². The number of hydrogen-bond donors (Lipinski definition) is 2. The van der Waals surface area contributed by atoms with Gasteiger partial charge >= 0.3 is 7.12 Å². The van der Waals surface area contributed by atoms with Gasteiger partial charge in [0.2, 0.25) is 0 Å². The second kappa shape index (κ2) is 5.03. The molecule has 10 heavy (non-hydrogen) atoms. The fourth-order valence-electron chi connectivity index (χ4n) is 0.372. The highest BCUT2D eigenvalue weighted by Crippen LogP contribution is 1.93. The fraction of sp³-hybridized carbons (Fsp3) is 0.143. The smallest absolute Gasteiger partial charge is 0.423 e. The predicted molar refractivity (Wildman–Crippen MR) is 43.3 cm³/mol. The Labute approximate surface area is 61.3 Å². The average molecular weight is 138 g/mol. The third kappa shape index (κ3) is 4.12. The van der Waals surface area contributed by atoms with Crippen molar-refractivity contribution in [2.45, 2.75) is 6.92 Å². The second-order valence-electron chi connectivity index (χ2n) is 1.90. The summed E-state index contributed by atoms with van der Waals surface area (Å²) < 4.78 is 0. The summed E-state index contributed by atoms with van der Waals surface area (Å²) >= 11 is 0. The molecule has 54 valence electrons. The molecule has 0 fully saturated rings. The van der Waals surface area contributed by atoms with Crippen molar-refractivity contribution in [1.82, 2.24) is 0 Å². The van der Waals surface area contributed by atoms with E-state index in [1.165, 1.54) is 0 Å². The molecule has 0 bridgehead atoms. The highest BCUT2D eigenvalue weighted by Gasteiger charge is 2.06. The molecule has 0 aromatic rings. The van der Waals surface area contributed by atoms with Gasteiger partial charge < -0.3 is 10.0 Å². The normalized spacial score (nSPS) is 12.1. The Morgan fingerprint density at radius 2 is 2.00 bits per heavy atom. The molecule has 0 saturated carbocycles. The van der Waals surface area contributed by atoms with Crippen LogP contribution in [0.15, 0.2) is 36.4 Å². The third-order valence-corrected chi connectivity index (χ3v) is 1.01. The molecule has 0 saturated heterocycles. The summed E-state index contributed by atoms with van der Waals surface area (Å²) in [6, 6.07) is 0. The molecule has 0 aliphatic rings. The SMILES string of the molecule is C=C/C=C\C=C(/C)B(O)O. The molecule has 0 rings (SSSR count). The minimum absolute atomic E-state index is 0.512. The molecule has 0 unspecified atom stereocenters. The van der Waals surface area contributed by atoms with Crippen LogP contribution in [-0.2, 0) is 0 Å². The molecule has 0 aliphatic heterocycles. The van der Waals surface area contributed by atoms with E-state index in [1.807, 2.05) is 0 Å². The lowest BCUT2D eigenvalue weighted by molar-refractivity contribution is 0.419. The Bertz CT molecular complexity index is 159. The number of allylic oxidation sites excluding steroid dienone is 5. The molecular formula is C7H11BO2. The molecule has 0 aromatic carbocycles. The Morgan fingerprint density at radius 3 is 2.40 bits per heavy atom. The standard InChI is InChI=1S/C7H11BO2/c1-3-4-5-6-7(2)8(9)10/h3-6,9-10H,1H2,2H3/b5-4-,7-6+. The van der Waals surface area contributed by atoms with Crippen molar-refractivity contribution < 1.29 is 10.0 Å². The first-order valence-electron chi connectivity index (χ1n) is 3.00. The van der Waals surface area contributed by atoms with Gasteiger partial charge in [-0.2, -0.15) is 0 Å². The molecular weight excluding hydrogens is 127 g/mol. The Kier molecular flexibility index (Phi) is 4.63. The highest BCUT2D eigenvalue weighted by atomic mass is 16.4. The van der Waals surface area contributed by atoms with E-state index < -0.39 is 7.12 Å². The summed E-state index contributed by atoms with van der Waals surface area (Å²) in [5.74, 6) is 0. The quantitative estimate of drug-likeness (QED) is 0.444. The summed E-state index contributed by atoms with van der Waals surface area (Å²) in [4.78, 5) is 0. The van der Waals surface area contributed by atoms with Crippen LogP contribution in [0.3, 0.4) is 0 Å². The van der Waals surface area contributed by atoms with Crippen LogP contribution in [0.4, 0.5) is 0 Å². The van der Waals surface area contributed by atoms with Gasteiger partial charge in [0, 0.05) is 0 Å². The molecule has 0 atom stereocenters. The fourth-order valence-corrected chi connectivity index (χ4v) is 0.372. The van der Waals surface area contributed by atoms with Crippen LogP contribution < -0.4 is 0 Å². The van der Waals surface area contributed by atoms with E-state index in [1.54, 1.807) is 31.2 Å². The molecule has 0 heterocycles. The van der Waals surface area contributed by atoms with E-state index in [0.717, 1.165) is 0 Å². The molecule has 0 spiro atoms. The van der Waals surface area contributed by atoms with Gasteiger partial charge in [0.15, 0.2) is 0 Å². The van der Waals surface area contributed by atoms with Crippen LogP contribution in [0.25, 0.3) is 0 Å². The summed E-state index contributed by atoms with van der Waals surface area (Å²) in [6.07, 6.45) is 6.65. The van der Waals surface area contributed by atoms with Gasteiger partial charge in [0.25, 0.3) is 0 Å². The van der Waals surface area contributed by atoms with E-state index in [9.17, 15) is 0 Å². The van der Waals surface area contributed by atoms with Crippen molar-refractivity contribution >= 4 is 7.12 Å². The second-order valence-corrected chi connectivity index (χ2v) is 1.90. The average Bonchev–Trinajstić information content (AvgIpc) is 1.88. The van der Waals surface area contributed by atoms with Crippen molar-refractivity contribution in [2.75, 3.05) is 0 Å². The molecule has 0 aromatic heterocycles. The first-order valence-corrected chi connectivity index (χ1v) is 3.00. The van der Waals surface area contributed by atoms with Crippen molar-refractivity contribution in [2.24, 2.45) is 0 Å². The molecule has 0 radical (unpaired) electrons. The first-order chi connectivity index (χ1) is 4.68. The maximum atomic E-state index is 8.55. The van der Waals surface area contributed by atoms with Crippen LogP contribution in [0.2, 0.25) is 0 Å². The zero-order chi connectivity index (χ0) is 7.98. The lowest BCUT2D eigenvalue weighted by Crippen LogP contribution is -2.12. The monoisotopic (exact) mass is 138 g/mol. The minimum atomic E-state index is -1.35. The lowest BCUT2D eigenvalue weighted by atomic mass is 9.80. The topological polar surface area (TPSA) is 40.5 Å².